The molecule has 0 aromatic heterocycles. The second-order valence-electron chi connectivity index (χ2n) is 5.69. The zero-order valence-corrected chi connectivity index (χ0v) is 14.0. The summed E-state index contributed by atoms with van der Waals surface area (Å²) in [6.45, 7) is 2.28. The van der Waals surface area contributed by atoms with Crippen LogP contribution in [0.2, 0.25) is 0 Å². The Morgan fingerprint density at radius 3 is 1.52 bits per heavy atom. The third kappa shape index (κ3) is 18.7. The van der Waals surface area contributed by atoms with Gasteiger partial charge in [0.25, 0.3) is 0 Å². The molecule has 0 atom stereocenters. The monoisotopic (exact) mass is 284 g/mol. The van der Waals surface area contributed by atoms with Crippen LogP contribution in [0.5, 0.6) is 0 Å². The Bertz CT molecular complexity index is 361. The average Bonchev–Trinajstić information content (AvgIpc) is 2.50. The van der Waals surface area contributed by atoms with E-state index in [2.05, 4.69) is 36.5 Å². The lowest BCUT2D eigenvalue weighted by atomic mass is 10.0. The van der Waals surface area contributed by atoms with E-state index in [0.29, 0.717) is 0 Å². The highest BCUT2D eigenvalue weighted by Gasteiger charge is 1.93. The van der Waals surface area contributed by atoms with E-state index in [1.54, 1.807) is 0 Å². The Morgan fingerprint density at radius 2 is 1.05 bits per heavy atom. The molecule has 0 N–H and O–H groups in total. The minimum absolute atomic E-state index is 0.955. The van der Waals surface area contributed by atoms with E-state index in [1.807, 2.05) is 0 Å². The predicted octanol–water partition coefficient (Wildman–Crippen LogP) is 6.11. The highest BCUT2D eigenvalue weighted by Crippen LogP contribution is 2.12. The minimum atomic E-state index is 0.955. The first-order chi connectivity index (χ1) is 10.4. The zero-order valence-electron chi connectivity index (χ0n) is 14.0. The van der Waals surface area contributed by atoms with Crippen LogP contribution in [-0.2, 0) is 0 Å². The molecule has 0 amide bonds. The summed E-state index contributed by atoms with van der Waals surface area (Å²) in [5, 5.41) is 0. The fourth-order valence-corrected chi connectivity index (χ4v) is 2.41. The summed E-state index contributed by atoms with van der Waals surface area (Å²) in [5.74, 6) is 13.2. The van der Waals surface area contributed by atoms with Gasteiger partial charge in [0.2, 0.25) is 0 Å². The van der Waals surface area contributed by atoms with E-state index in [-0.39, 0.29) is 0 Å². The maximum absolute atomic E-state index is 5.00. The smallest absolute Gasteiger partial charge is 0.00989 e. The van der Waals surface area contributed by atoms with Crippen LogP contribution in [0.1, 0.15) is 96.8 Å². The van der Waals surface area contributed by atoms with Crippen molar-refractivity contribution in [3.8, 4) is 36.0 Å². The first kappa shape index (κ1) is 19.7. The lowest BCUT2D eigenvalue weighted by molar-refractivity contribution is 0.540. The molecule has 0 unspecified atom stereocenters. The van der Waals surface area contributed by atoms with E-state index in [9.17, 15) is 0 Å². The van der Waals surface area contributed by atoms with Gasteiger partial charge in [-0.25, -0.2) is 0 Å². The molecule has 0 saturated heterocycles. The van der Waals surface area contributed by atoms with Gasteiger partial charge in [-0.05, 0) is 30.1 Å². The Labute approximate surface area is 133 Å². The van der Waals surface area contributed by atoms with Crippen molar-refractivity contribution in [2.75, 3.05) is 0 Å². The largest absolute Gasteiger partial charge is 0.106 e. The van der Waals surface area contributed by atoms with Crippen molar-refractivity contribution < 1.29 is 0 Å². The standard InChI is InChI=1S/C21H32/c1-3-5-7-9-11-13-15-17-19-21-20-18-16-14-12-10-8-6-4-2/h1H,4,6,8,10,12-21H2,2H3. The van der Waals surface area contributed by atoms with Crippen molar-refractivity contribution >= 4 is 0 Å². The molecule has 0 heteroatoms. The Morgan fingerprint density at radius 1 is 0.571 bits per heavy atom. The van der Waals surface area contributed by atoms with E-state index in [1.165, 1.54) is 83.5 Å². The van der Waals surface area contributed by atoms with Crippen LogP contribution in [0.25, 0.3) is 0 Å². The van der Waals surface area contributed by atoms with Crippen molar-refractivity contribution in [3.63, 3.8) is 0 Å². The third-order valence-corrected chi connectivity index (χ3v) is 3.69. The Kier molecular flexibility index (Phi) is 17.5. The van der Waals surface area contributed by atoms with Crippen LogP contribution in [0, 0.1) is 36.0 Å². The molecule has 0 radical (unpaired) electrons. The molecule has 0 aromatic carbocycles. The first-order valence-corrected chi connectivity index (χ1v) is 8.85. The van der Waals surface area contributed by atoms with Crippen molar-refractivity contribution in [2.24, 2.45) is 0 Å². The SMILES string of the molecule is C#CC#CC#CCCCCCCCCCCCCCCC. The molecule has 0 saturated carbocycles. The molecule has 0 aliphatic heterocycles. The predicted molar refractivity (Wildman–Crippen MR) is 94.7 cm³/mol. The summed E-state index contributed by atoms with van der Waals surface area (Å²) in [4.78, 5) is 0. The molecular weight excluding hydrogens is 252 g/mol. The van der Waals surface area contributed by atoms with Crippen LogP contribution in [0.15, 0.2) is 0 Å². The summed E-state index contributed by atoms with van der Waals surface area (Å²) >= 11 is 0. The second kappa shape index (κ2) is 18.7. The molecule has 0 rings (SSSR count). The Hall–Kier alpha value is -1.32. The van der Waals surface area contributed by atoms with Crippen LogP contribution in [-0.4, -0.2) is 0 Å². The van der Waals surface area contributed by atoms with Crippen LogP contribution >= 0.6 is 0 Å². The summed E-state index contributed by atoms with van der Waals surface area (Å²) in [6.07, 6.45) is 24.0. The molecule has 0 heterocycles. The lowest BCUT2D eigenvalue weighted by Crippen LogP contribution is -1.82. The van der Waals surface area contributed by atoms with Gasteiger partial charge in [0.05, 0.1) is 0 Å². The van der Waals surface area contributed by atoms with Crippen LogP contribution in [0.3, 0.4) is 0 Å². The molecule has 116 valence electrons. The molecule has 0 aliphatic carbocycles. The minimum Gasteiger partial charge on any atom is -0.106 e. The van der Waals surface area contributed by atoms with Gasteiger partial charge in [-0.1, -0.05) is 89.9 Å². The quantitative estimate of drug-likeness (QED) is 0.283. The Balaban J connectivity index is 3.09. The average molecular weight is 284 g/mol. The number of hydrogen-bond donors (Lipinski definition) is 0. The van der Waals surface area contributed by atoms with Crippen LogP contribution in [0.4, 0.5) is 0 Å². The number of terminal acetylenes is 1. The summed E-state index contributed by atoms with van der Waals surface area (Å²) < 4.78 is 0. The van der Waals surface area contributed by atoms with E-state index in [4.69, 9.17) is 6.42 Å². The maximum Gasteiger partial charge on any atom is 0.00989 e. The number of unbranched alkanes of at least 4 members (excludes halogenated alkanes) is 13. The van der Waals surface area contributed by atoms with E-state index in [0.717, 1.165) is 6.42 Å². The van der Waals surface area contributed by atoms with Crippen molar-refractivity contribution in [1.29, 1.82) is 0 Å². The second-order valence-corrected chi connectivity index (χ2v) is 5.69. The van der Waals surface area contributed by atoms with Crippen LogP contribution < -0.4 is 0 Å². The summed E-state index contributed by atoms with van der Waals surface area (Å²) in [5.41, 5.74) is 0. The molecule has 0 spiro atoms. The lowest BCUT2D eigenvalue weighted by Gasteiger charge is -2.02. The topological polar surface area (TPSA) is 0 Å². The molecule has 21 heavy (non-hydrogen) atoms. The molecule has 0 bridgehead atoms. The highest BCUT2D eigenvalue weighted by atomic mass is 14.0. The van der Waals surface area contributed by atoms with E-state index < -0.39 is 0 Å². The van der Waals surface area contributed by atoms with Crippen molar-refractivity contribution in [2.45, 2.75) is 96.8 Å². The summed E-state index contributed by atoms with van der Waals surface area (Å²) in [7, 11) is 0. The van der Waals surface area contributed by atoms with E-state index >= 15 is 0 Å². The zero-order chi connectivity index (χ0) is 15.4. The fraction of sp³-hybridized carbons (Fsp3) is 0.714. The molecular formula is C21H32. The first-order valence-electron chi connectivity index (χ1n) is 8.85. The number of rotatable bonds is 13. The van der Waals surface area contributed by atoms with Crippen molar-refractivity contribution in [3.05, 3.63) is 0 Å². The molecule has 0 aliphatic rings. The summed E-state index contributed by atoms with van der Waals surface area (Å²) in [6, 6.07) is 0. The van der Waals surface area contributed by atoms with Gasteiger partial charge in [-0.15, -0.1) is 6.42 Å². The van der Waals surface area contributed by atoms with Gasteiger partial charge >= 0.3 is 0 Å². The maximum atomic E-state index is 5.00. The van der Waals surface area contributed by atoms with Gasteiger partial charge in [-0.2, -0.15) is 0 Å². The fourth-order valence-electron chi connectivity index (χ4n) is 2.41. The molecule has 0 nitrogen and oxygen atoms in total. The molecule has 0 aromatic rings. The van der Waals surface area contributed by atoms with Gasteiger partial charge in [0, 0.05) is 6.42 Å². The van der Waals surface area contributed by atoms with Gasteiger partial charge in [0.15, 0.2) is 0 Å². The normalized spacial score (nSPS) is 9.14. The highest BCUT2D eigenvalue weighted by molar-refractivity contribution is 5.33. The van der Waals surface area contributed by atoms with Gasteiger partial charge in [0.1, 0.15) is 0 Å². The van der Waals surface area contributed by atoms with Gasteiger partial charge < -0.3 is 0 Å². The third-order valence-electron chi connectivity index (χ3n) is 3.69. The number of hydrogen-bond acceptors (Lipinski definition) is 0. The molecule has 0 fully saturated rings. The van der Waals surface area contributed by atoms with Crippen molar-refractivity contribution in [1.82, 2.24) is 0 Å². The van der Waals surface area contributed by atoms with Gasteiger partial charge in [-0.3, -0.25) is 0 Å².